The van der Waals surface area contributed by atoms with Crippen LogP contribution in [0.1, 0.15) is 31.8 Å². The molecule has 0 aliphatic rings. The van der Waals surface area contributed by atoms with Crippen LogP contribution in [0.4, 0.5) is 26.3 Å². The molecule has 2 amide bonds. The summed E-state index contributed by atoms with van der Waals surface area (Å²) in [6.45, 7) is -4.22. The molecule has 2 rings (SSSR count). The van der Waals surface area contributed by atoms with Crippen molar-refractivity contribution in [1.29, 1.82) is 0 Å². The van der Waals surface area contributed by atoms with Gasteiger partial charge in [0.1, 0.15) is 24.2 Å². The maximum Gasteiger partial charge on any atom is 0.416 e. The number of nitrogens with one attached hydrogen (secondary N) is 2. The van der Waals surface area contributed by atoms with Crippen LogP contribution >= 0.6 is 0 Å². The van der Waals surface area contributed by atoms with Crippen LogP contribution in [-0.4, -0.2) is 56.9 Å². The highest BCUT2D eigenvalue weighted by Gasteiger charge is 2.35. The Bertz CT molecular complexity index is 1220. The zero-order chi connectivity index (χ0) is 26.7. The van der Waals surface area contributed by atoms with E-state index < -0.39 is 89.2 Å². The molecule has 35 heavy (non-hydrogen) atoms. The van der Waals surface area contributed by atoms with E-state index in [0.717, 1.165) is 18.2 Å². The lowest BCUT2D eigenvalue weighted by Gasteiger charge is -2.19. The van der Waals surface area contributed by atoms with Gasteiger partial charge in [-0.25, -0.2) is 0 Å². The van der Waals surface area contributed by atoms with Crippen molar-refractivity contribution in [2.45, 2.75) is 18.9 Å². The topological polar surface area (TPSA) is 158 Å². The number of carbonyl (C=O) groups excluding carboxylic acids is 2. The van der Waals surface area contributed by atoms with E-state index in [0.29, 0.717) is 6.07 Å². The van der Waals surface area contributed by atoms with Crippen molar-refractivity contribution < 1.29 is 56.0 Å². The molecule has 1 aromatic heterocycles. The van der Waals surface area contributed by atoms with Gasteiger partial charge >= 0.3 is 18.3 Å². The number of amides is 2. The Balaban J connectivity index is 2.73. The molecule has 0 unspecified atom stereocenters. The number of carbonyl (C=O) groups is 3. The van der Waals surface area contributed by atoms with Gasteiger partial charge in [0.05, 0.1) is 12.1 Å². The lowest BCUT2D eigenvalue weighted by molar-refractivity contribution is -0.138. The van der Waals surface area contributed by atoms with Crippen molar-refractivity contribution in [3.05, 3.63) is 56.9 Å². The fourth-order valence-electron chi connectivity index (χ4n) is 2.88. The average molecular weight is 511 g/mol. The fraction of sp³-hybridized carbons (Fsp3) is 0.263. The molecule has 0 radical (unpaired) electrons. The molecular weight excluding hydrogens is 496 g/mol. The predicted molar refractivity (Wildman–Crippen MR) is 103 cm³/mol. The Kier molecular flexibility index (Phi) is 7.67. The summed E-state index contributed by atoms with van der Waals surface area (Å²) in [6.07, 6.45) is -9.90. The molecule has 5 N–H and O–H groups in total. The second-order valence-electron chi connectivity index (χ2n) is 6.84. The number of alkyl halides is 6. The highest BCUT2D eigenvalue weighted by molar-refractivity contribution is 6.05. The number of rotatable bonds is 7. The van der Waals surface area contributed by atoms with Gasteiger partial charge < -0.3 is 26.0 Å². The minimum absolute atomic E-state index is 0.0441. The normalized spacial score (nSPS) is 11.7. The maximum atomic E-state index is 13.3. The van der Waals surface area contributed by atoms with Crippen LogP contribution in [0.15, 0.2) is 29.1 Å². The number of benzene rings is 1. The van der Waals surface area contributed by atoms with Crippen molar-refractivity contribution in [2.75, 3.05) is 13.1 Å². The van der Waals surface area contributed by atoms with Gasteiger partial charge in [-0.05, 0) is 11.6 Å². The summed E-state index contributed by atoms with van der Waals surface area (Å²) in [4.78, 5) is 48.0. The quantitative estimate of drug-likeness (QED) is 0.352. The third kappa shape index (κ3) is 6.42. The molecule has 0 bridgehead atoms. The second-order valence-corrected chi connectivity index (χ2v) is 6.84. The Hall–Kier alpha value is -4.24. The third-order valence-corrected chi connectivity index (χ3v) is 4.37. The van der Waals surface area contributed by atoms with Gasteiger partial charge in [-0.2, -0.15) is 26.3 Å². The standard InChI is InChI=1S/C19H15F6N3O7/c20-18(21,22)7-27-15(33)12-13(31)11(14(32)26-5-10(29)30)16(34)28(17(12)35)6-8-3-1-2-4-9(8)19(23,24)25/h1-4,31,35H,5-7H2,(H,26,32)(H,27,33)(H,29,30). The minimum Gasteiger partial charge on any atom is -0.506 e. The molecule has 190 valence electrons. The second kappa shape index (κ2) is 9.94. The number of hydrogen-bond donors (Lipinski definition) is 5. The molecular formula is C19H15F6N3O7. The van der Waals surface area contributed by atoms with Gasteiger partial charge in [0.25, 0.3) is 17.4 Å². The summed E-state index contributed by atoms with van der Waals surface area (Å²) < 4.78 is 77.5. The first-order valence-electron chi connectivity index (χ1n) is 9.23. The Labute approximate surface area is 190 Å². The number of aromatic nitrogens is 1. The van der Waals surface area contributed by atoms with Gasteiger partial charge in [0.2, 0.25) is 5.88 Å². The van der Waals surface area contributed by atoms with E-state index in [1.807, 2.05) is 0 Å². The number of aliphatic carboxylic acids is 1. The van der Waals surface area contributed by atoms with E-state index in [1.165, 1.54) is 5.32 Å². The Morgan fingerprint density at radius 1 is 0.914 bits per heavy atom. The lowest BCUT2D eigenvalue weighted by Crippen LogP contribution is -2.38. The fourth-order valence-corrected chi connectivity index (χ4v) is 2.88. The van der Waals surface area contributed by atoms with Crippen LogP contribution in [0.3, 0.4) is 0 Å². The van der Waals surface area contributed by atoms with Crippen LogP contribution in [0.25, 0.3) is 0 Å². The Morgan fingerprint density at radius 2 is 1.49 bits per heavy atom. The molecule has 2 aromatic rings. The number of nitrogens with zero attached hydrogens (tertiary/aromatic N) is 1. The smallest absolute Gasteiger partial charge is 0.416 e. The van der Waals surface area contributed by atoms with Gasteiger partial charge in [0, 0.05) is 0 Å². The highest BCUT2D eigenvalue weighted by atomic mass is 19.4. The molecule has 16 heteroatoms. The van der Waals surface area contributed by atoms with E-state index in [-0.39, 0.29) is 4.57 Å². The molecule has 0 atom stereocenters. The lowest BCUT2D eigenvalue weighted by atomic mass is 10.1. The van der Waals surface area contributed by atoms with Crippen molar-refractivity contribution in [1.82, 2.24) is 15.2 Å². The van der Waals surface area contributed by atoms with E-state index >= 15 is 0 Å². The van der Waals surface area contributed by atoms with Crippen molar-refractivity contribution in [2.24, 2.45) is 0 Å². The average Bonchev–Trinajstić information content (AvgIpc) is 2.73. The van der Waals surface area contributed by atoms with E-state index in [4.69, 9.17) is 5.11 Å². The molecule has 0 saturated heterocycles. The van der Waals surface area contributed by atoms with E-state index in [2.05, 4.69) is 0 Å². The summed E-state index contributed by atoms with van der Waals surface area (Å²) in [5, 5.41) is 32.2. The zero-order valence-corrected chi connectivity index (χ0v) is 17.1. The van der Waals surface area contributed by atoms with Crippen LogP contribution in [0.5, 0.6) is 11.6 Å². The third-order valence-electron chi connectivity index (χ3n) is 4.37. The molecule has 1 aromatic carbocycles. The van der Waals surface area contributed by atoms with Crippen molar-refractivity contribution in [3.63, 3.8) is 0 Å². The Morgan fingerprint density at radius 3 is 2.03 bits per heavy atom. The van der Waals surface area contributed by atoms with Crippen LogP contribution in [0.2, 0.25) is 0 Å². The predicted octanol–water partition coefficient (Wildman–Crippen LogP) is 1.43. The molecule has 0 aliphatic heterocycles. The molecule has 0 saturated carbocycles. The number of aromatic hydroxyl groups is 2. The molecule has 0 fully saturated rings. The van der Waals surface area contributed by atoms with Crippen LogP contribution in [0, 0.1) is 0 Å². The number of carboxylic acids is 1. The van der Waals surface area contributed by atoms with Crippen LogP contribution in [-0.2, 0) is 17.5 Å². The van der Waals surface area contributed by atoms with Gasteiger partial charge in [0.15, 0.2) is 5.75 Å². The zero-order valence-electron chi connectivity index (χ0n) is 17.1. The summed E-state index contributed by atoms with van der Waals surface area (Å²) in [5.74, 6) is -8.23. The summed E-state index contributed by atoms with van der Waals surface area (Å²) >= 11 is 0. The monoisotopic (exact) mass is 511 g/mol. The van der Waals surface area contributed by atoms with Gasteiger partial charge in [-0.15, -0.1) is 0 Å². The molecule has 10 nitrogen and oxygen atoms in total. The summed E-state index contributed by atoms with van der Waals surface area (Å²) in [5.41, 5.74) is -6.42. The van der Waals surface area contributed by atoms with Crippen LogP contribution < -0.4 is 16.2 Å². The number of pyridine rings is 1. The van der Waals surface area contributed by atoms with E-state index in [1.54, 1.807) is 5.32 Å². The number of halogens is 6. The summed E-state index contributed by atoms with van der Waals surface area (Å²) in [7, 11) is 0. The van der Waals surface area contributed by atoms with E-state index in [9.17, 15) is 55.7 Å². The number of carboxylic acid groups (broad SMARTS) is 1. The summed E-state index contributed by atoms with van der Waals surface area (Å²) in [6, 6.07) is 3.64. The largest absolute Gasteiger partial charge is 0.506 e. The van der Waals surface area contributed by atoms with Crippen molar-refractivity contribution in [3.8, 4) is 11.6 Å². The highest BCUT2D eigenvalue weighted by Crippen LogP contribution is 2.34. The molecule has 1 heterocycles. The molecule has 0 aliphatic carbocycles. The minimum atomic E-state index is -4.96. The number of hydrogen-bond acceptors (Lipinski definition) is 6. The first-order valence-corrected chi connectivity index (χ1v) is 9.23. The first kappa shape index (κ1) is 27.0. The van der Waals surface area contributed by atoms with Gasteiger partial charge in [-0.1, -0.05) is 18.2 Å². The van der Waals surface area contributed by atoms with Gasteiger partial charge in [-0.3, -0.25) is 23.7 Å². The first-order chi connectivity index (χ1) is 16.0. The molecule has 0 spiro atoms. The van der Waals surface area contributed by atoms with Crippen molar-refractivity contribution >= 4 is 17.8 Å². The SMILES string of the molecule is O=C(O)CNC(=O)c1c(O)c(C(=O)NCC(F)(F)F)c(O)n(Cc2ccccc2C(F)(F)F)c1=O. The maximum absolute atomic E-state index is 13.3.